The second-order valence-corrected chi connectivity index (χ2v) is 6.13. The molecule has 1 aliphatic heterocycles. The summed E-state index contributed by atoms with van der Waals surface area (Å²) in [6, 6.07) is 7.84. The Balaban J connectivity index is 1.98. The molecule has 2 aromatic rings. The Morgan fingerprint density at radius 2 is 1.92 bits per heavy atom. The monoisotopic (exact) mass is 341 g/mol. The van der Waals surface area contributed by atoms with Gasteiger partial charge in [-0.15, -0.1) is 0 Å². The lowest BCUT2D eigenvalue weighted by molar-refractivity contribution is 0.360. The number of benzene rings is 1. The molecule has 4 N–H and O–H groups in total. The second kappa shape index (κ2) is 6.58. The Kier molecular flexibility index (Phi) is 4.48. The number of aromatic nitrogens is 2. The smallest absolute Gasteiger partial charge is 0.244 e. The maximum Gasteiger partial charge on any atom is 0.244 e. The molecule has 0 saturated carbocycles. The van der Waals surface area contributed by atoms with Crippen LogP contribution in [0.4, 0.5) is 17.5 Å². The quantitative estimate of drug-likeness (QED) is 0.771. The minimum Gasteiger partial charge on any atom is -0.492 e. The molecule has 7 heteroatoms. The van der Waals surface area contributed by atoms with Gasteiger partial charge in [0.05, 0.1) is 11.3 Å². The highest BCUT2D eigenvalue weighted by atomic mass is 16.5. The van der Waals surface area contributed by atoms with Crippen molar-refractivity contribution in [3.05, 3.63) is 29.8 Å². The van der Waals surface area contributed by atoms with Crippen LogP contribution in [-0.2, 0) is 0 Å². The van der Waals surface area contributed by atoms with E-state index in [4.69, 9.17) is 10.5 Å². The fourth-order valence-corrected chi connectivity index (χ4v) is 3.06. The van der Waals surface area contributed by atoms with Crippen molar-refractivity contribution in [2.24, 2.45) is 4.99 Å². The molecule has 1 aromatic carbocycles. The van der Waals surface area contributed by atoms with Crippen LogP contribution in [0.5, 0.6) is 11.6 Å². The van der Waals surface area contributed by atoms with E-state index in [-0.39, 0.29) is 11.8 Å². The van der Waals surface area contributed by atoms with Crippen LogP contribution in [0, 0.1) is 6.92 Å². The van der Waals surface area contributed by atoms with Crippen molar-refractivity contribution in [2.45, 2.75) is 39.2 Å². The van der Waals surface area contributed by atoms with Gasteiger partial charge in [0.1, 0.15) is 12.4 Å². The van der Waals surface area contributed by atoms with Crippen LogP contribution in [0.25, 0.3) is 0 Å². The summed E-state index contributed by atoms with van der Waals surface area (Å²) >= 11 is 0. The van der Waals surface area contributed by atoms with Crippen molar-refractivity contribution >= 4 is 23.2 Å². The van der Waals surface area contributed by atoms with Gasteiger partial charge in [0.15, 0.2) is 11.5 Å². The molecule has 0 fully saturated rings. The lowest BCUT2D eigenvalue weighted by Gasteiger charge is -2.38. The molecule has 132 valence electrons. The number of ether oxygens (including phenoxy) is 1. The highest BCUT2D eigenvalue weighted by Crippen LogP contribution is 2.40. The molecule has 0 amide bonds. The minimum absolute atomic E-state index is 0.0136. The summed E-state index contributed by atoms with van der Waals surface area (Å²) in [5.74, 6) is 1.05. The van der Waals surface area contributed by atoms with Gasteiger partial charge in [-0.25, -0.2) is 4.99 Å². The van der Waals surface area contributed by atoms with Crippen LogP contribution in [0.15, 0.2) is 29.3 Å². The van der Waals surface area contributed by atoms with Crippen molar-refractivity contribution in [3.8, 4) is 11.6 Å². The normalized spacial score (nSPS) is 15.1. The van der Waals surface area contributed by atoms with E-state index in [1.165, 1.54) is 0 Å². The zero-order valence-electron chi connectivity index (χ0n) is 14.7. The lowest BCUT2D eigenvalue weighted by Crippen LogP contribution is -2.49. The fraction of sp³-hybridized carbons (Fsp3) is 0.389. The first-order valence-corrected chi connectivity index (χ1v) is 8.40. The molecule has 7 nitrogen and oxygen atoms in total. The van der Waals surface area contributed by atoms with Crippen molar-refractivity contribution in [1.29, 1.82) is 0 Å². The van der Waals surface area contributed by atoms with E-state index in [0.717, 1.165) is 29.9 Å². The van der Waals surface area contributed by atoms with Gasteiger partial charge in [-0.3, -0.25) is 0 Å². The first-order valence-electron chi connectivity index (χ1n) is 8.40. The van der Waals surface area contributed by atoms with E-state index in [1.54, 1.807) is 0 Å². The fourth-order valence-electron chi connectivity index (χ4n) is 3.06. The van der Waals surface area contributed by atoms with E-state index in [1.807, 2.05) is 31.2 Å². The number of hydrogen-bond acceptors (Lipinski definition) is 7. The number of nitrogens with one attached hydrogen (secondary N) is 1. The number of nitrogens with zero attached hydrogens (tertiary/aromatic N) is 3. The molecule has 0 bridgehead atoms. The Hall–Kier alpha value is -2.83. The van der Waals surface area contributed by atoms with E-state index in [0.29, 0.717) is 18.1 Å². The number of rotatable bonds is 5. The van der Waals surface area contributed by atoms with Gasteiger partial charge in [0.25, 0.3) is 0 Å². The molecule has 0 spiro atoms. The summed E-state index contributed by atoms with van der Waals surface area (Å²) in [5, 5.41) is 13.5. The maximum atomic E-state index is 10.1. The number of aliphatic imine (C=N–C) groups is 1. The predicted molar refractivity (Wildman–Crippen MR) is 98.8 cm³/mol. The third kappa shape index (κ3) is 3.09. The van der Waals surface area contributed by atoms with Gasteiger partial charge in [-0.1, -0.05) is 32.0 Å². The van der Waals surface area contributed by atoms with Crippen LogP contribution in [0.3, 0.4) is 0 Å². The Morgan fingerprint density at radius 1 is 1.20 bits per heavy atom. The van der Waals surface area contributed by atoms with Gasteiger partial charge in [0, 0.05) is 0 Å². The van der Waals surface area contributed by atoms with Gasteiger partial charge in [-0.2, -0.15) is 9.97 Å². The number of aryl methyl sites for hydroxylation is 1. The maximum absolute atomic E-state index is 10.1. The molecule has 0 radical (unpaired) electrons. The SMILES string of the molecule is CCC1(CC)Nc2nc(N)nc(O)c2N=C1COc1ccccc1C. The molecule has 1 aromatic heterocycles. The summed E-state index contributed by atoms with van der Waals surface area (Å²) in [4.78, 5) is 12.6. The summed E-state index contributed by atoms with van der Waals surface area (Å²) in [5.41, 5.74) is 7.41. The highest BCUT2D eigenvalue weighted by molar-refractivity contribution is 6.02. The van der Waals surface area contributed by atoms with E-state index >= 15 is 0 Å². The Bertz CT molecular complexity index is 815. The molecule has 0 saturated heterocycles. The summed E-state index contributed by atoms with van der Waals surface area (Å²) in [7, 11) is 0. The average Bonchev–Trinajstić information content (AvgIpc) is 2.60. The average molecular weight is 341 g/mol. The number of hydrogen-bond donors (Lipinski definition) is 3. The number of nitrogen functional groups attached to an aromatic ring is 1. The standard InChI is InChI=1S/C18H23N5O2/c1-4-18(5-2)13(10-25-12-9-7-6-8-11(12)3)20-14-15(23-18)21-17(19)22-16(14)24/h6-9H,4-5,10H2,1-3H3,(H4,19,21,22,23,24). The molecular formula is C18H23N5O2. The third-order valence-electron chi connectivity index (χ3n) is 4.70. The van der Waals surface area contributed by atoms with Crippen LogP contribution in [0.2, 0.25) is 0 Å². The molecular weight excluding hydrogens is 318 g/mol. The summed E-state index contributed by atoms with van der Waals surface area (Å²) in [6.07, 6.45) is 1.59. The molecule has 0 aliphatic carbocycles. The van der Waals surface area contributed by atoms with Crippen LogP contribution in [-0.4, -0.2) is 32.9 Å². The lowest BCUT2D eigenvalue weighted by atomic mass is 9.86. The topological polar surface area (TPSA) is 106 Å². The van der Waals surface area contributed by atoms with Crippen LogP contribution in [0.1, 0.15) is 32.3 Å². The predicted octanol–water partition coefficient (Wildman–Crippen LogP) is 3.21. The van der Waals surface area contributed by atoms with Gasteiger partial charge in [-0.05, 0) is 31.4 Å². The van der Waals surface area contributed by atoms with Crippen molar-refractivity contribution in [1.82, 2.24) is 9.97 Å². The molecule has 2 heterocycles. The van der Waals surface area contributed by atoms with Crippen molar-refractivity contribution in [2.75, 3.05) is 17.7 Å². The first-order chi connectivity index (χ1) is 12.0. The van der Waals surface area contributed by atoms with E-state index in [9.17, 15) is 5.11 Å². The van der Waals surface area contributed by atoms with Gasteiger partial charge >= 0.3 is 0 Å². The number of anilines is 2. The Morgan fingerprint density at radius 3 is 2.60 bits per heavy atom. The van der Waals surface area contributed by atoms with Crippen LogP contribution < -0.4 is 15.8 Å². The second-order valence-electron chi connectivity index (χ2n) is 6.13. The molecule has 0 unspecified atom stereocenters. The number of nitrogens with two attached hydrogens (primary N) is 1. The highest BCUT2D eigenvalue weighted by Gasteiger charge is 2.38. The summed E-state index contributed by atoms with van der Waals surface area (Å²) in [6.45, 7) is 6.47. The third-order valence-corrected chi connectivity index (χ3v) is 4.70. The first kappa shape index (κ1) is 17.0. The zero-order chi connectivity index (χ0) is 18.0. The van der Waals surface area contributed by atoms with Gasteiger partial charge < -0.3 is 20.9 Å². The van der Waals surface area contributed by atoms with Gasteiger partial charge in [0.2, 0.25) is 11.8 Å². The zero-order valence-corrected chi connectivity index (χ0v) is 14.7. The summed E-state index contributed by atoms with van der Waals surface area (Å²) < 4.78 is 6.00. The largest absolute Gasteiger partial charge is 0.492 e. The molecule has 25 heavy (non-hydrogen) atoms. The molecule has 0 atom stereocenters. The Labute approximate surface area is 147 Å². The minimum atomic E-state index is -0.400. The van der Waals surface area contributed by atoms with Crippen LogP contribution >= 0.6 is 0 Å². The van der Waals surface area contributed by atoms with Crippen molar-refractivity contribution in [3.63, 3.8) is 0 Å². The molecule has 1 aliphatic rings. The number of fused-ring (bicyclic) bond motifs is 1. The molecule has 3 rings (SSSR count). The number of para-hydroxylation sites is 1. The van der Waals surface area contributed by atoms with Crippen molar-refractivity contribution < 1.29 is 9.84 Å². The van der Waals surface area contributed by atoms with E-state index in [2.05, 4.69) is 34.1 Å². The number of aromatic hydroxyl groups is 1. The van der Waals surface area contributed by atoms with E-state index < -0.39 is 5.54 Å².